The van der Waals surface area contributed by atoms with Crippen molar-refractivity contribution in [2.75, 3.05) is 13.1 Å². The van der Waals surface area contributed by atoms with Crippen LogP contribution in [0.4, 0.5) is 0 Å². The van der Waals surface area contributed by atoms with E-state index >= 15 is 0 Å². The smallest absolute Gasteiger partial charge is 0.00322 e. The summed E-state index contributed by atoms with van der Waals surface area (Å²) in [5, 5.41) is 3.60. The van der Waals surface area contributed by atoms with Gasteiger partial charge < -0.3 is 5.32 Å². The van der Waals surface area contributed by atoms with E-state index in [1.165, 1.54) is 24.0 Å². The normalized spacial score (nSPS) is 20.2. The molecule has 0 saturated carbocycles. The molecular formula is C22H33N. The minimum Gasteiger partial charge on any atom is -0.316 e. The maximum absolute atomic E-state index is 3.60. The standard InChI is InChI=1S/C18H21N.2C2H6/c1-3-8-15(9-4-1)17-12-7-13-19-14-18(17)16-10-5-2-6-11-16;2*1-2/h1-6,8-11,17-19H,7,12-14H2;2*1-2H3. The van der Waals surface area contributed by atoms with Crippen molar-refractivity contribution in [2.45, 2.75) is 52.4 Å². The Morgan fingerprint density at radius 1 is 0.696 bits per heavy atom. The maximum atomic E-state index is 3.60. The van der Waals surface area contributed by atoms with Crippen molar-refractivity contribution in [1.82, 2.24) is 5.32 Å². The van der Waals surface area contributed by atoms with Crippen molar-refractivity contribution in [3.63, 3.8) is 0 Å². The summed E-state index contributed by atoms with van der Waals surface area (Å²) < 4.78 is 0. The van der Waals surface area contributed by atoms with E-state index in [4.69, 9.17) is 0 Å². The molecule has 1 nitrogen and oxygen atoms in total. The summed E-state index contributed by atoms with van der Waals surface area (Å²) in [4.78, 5) is 0. The van der Waals surface area contributed by atoms with Crippen molar-refractivity contribution in [3.8, 4) is 0 Å². The third-order valence-corrected chi connectivity index (χ3v) is 4.17. The lowest BCUT2D eigenvalue weighted by Crippen LogP contribution is -2.22. The van der Waals surface area contributed by atoms with Crippen LogP contribution in [0.25, 0.3) is 0 Å². The first kappa shape index (κ1) is 19.4. The van der Waals surface area contributed by atoms with Gasteiger partial charge in [0.1, 0.15) is 0 Å². The van der Waals surface area contributed by atoms with Gasteiger partial charge in [-0.1, -0.05) is 88.4 Å². The van der Waals surface area contributed by atoms with E-state index in [1.54, 1.807) is 0 Å². The van der Waals surface area contributed by atoms with Crippen LogP contribution in [0.15, 0.2) is 60.7 Å². The zero-order valence-electron chi connectivity index (χ0n) is 15.3. The molecule has 2 atom stereocenters. The molecule has 126 valence electrons. The first-order valence-electron chi connectivity index (χ1n) is 9.26. The first-order chi connectivity index (χ1) is 11.4. The van der Waals surface area contributed by atoms with Gasteiger partial charge in [0, 0.05) is 12.5 Å². The van der Waals surface area contributed by atoms with Crippen LogP contribution >= 0.6 is 0 Å². The zero-order chi connectivity index (χ0) is 16.9. The van der Waals surface area contributed by atoms with Gasteiger partial charge in [0.05, 0.1) is 0 Å². The fraction of sp³-hybridized carbons (Fsp3) is 0.455. The largest absolute Gasteiger partial charge is 0.316 e. The lowest BCUT2D eigenvalue weighted by molar-refractivity contribution is 0.527. The molecule has 1 saturated heterocycles. The van der Waals surface area contributed by atoms with Gasteiger partial charge in [-0.25, -0.2) is 0 Å². The van der Waals surface area contributed by atoms with Crippen LogP contribution in [0.3, 0.4) is 0 Å². The average molecular weight is 312 g/mol. The highest BCUT2D eigenvalue weighted by molar-refractivity contribution is 5.29. The second-order valence-corrected chi connectivity index (χ2v) is 5.38. The molecule has 2 aromatic rings. The zero-order valence-corrected chi connectivity index (χ0v) is 15.3. The predicted octanol–water partition coefficient (Wildman–Crippen LogP) is 5.99. The molecule has 2 unspecified atom stereocenters. The van der Waals surface area contributed by atoms with Crippen LogP contribution in [0.5, 0.6) is 0 Å². The van der Waals surface area contributed by atoms with Crippen molar-refractivity contribution in [3.05, 3.63) is 71.8 Å². The Bertz CT molecular complexity index is 444. The summed E-state index contributed by atoms with van der Waals surface area (Å²) in [6.45, 7) is 10.2. The third-order valence-electron chi connectivity index (χ3n) is 4.17. The van der Waals surface area contributed by atoms with Gasteiger partial charge in [0.2, 0.25) is 0 Å². The van der Waals surface area contributed by atoms with Gasteiger partial charge in [-0.15, -0.1) is 0 Å². The Morgan fingerprint density at radius 3 is 1.70 bits per heavy atom. The third kappa shape index (κ3) is 5.84. The van der Waals surface area contributed by atoms with E-state index in [0.29, 0.717) is 11.8 Å². The Kier molecular flexibility index (Phi) is 10.1. The van der Waals surface area contributed by atoms with Crippen molar-refractivity contribution >= 4 is 0 Å². The molecule has 0 amide bonds. The molecule has 0 spiro atoms. The molecule has 1 heteroatoms. The van der Waals surface area contributed by atoms with Gasteiger partial charge >= 0.3 is 0 Å². The van der Waals surface area contributed by atoms with Crippen LogP contribution < -0.4 is 5.32 Å². The fourth-order valence-electron chi connectivity index (χ4n) is 3.20. The SMILES string of the molecule is CC.CC.c1ccc(C2CCCNCC2c2ccccc2)cc1. The molecule has 0 aromatic heterocycles. The highest BCUT2D eigenvalue weighted by Gasteiger charge is 2.25. The van der Waals surface area contributed by atoms with E-state index in [-0.39, 0.29) is 0 Å². The number of nitrogens with one attached hydrogen (secondary N) is 1. The molecular weight excluding hydrogens is 278 g/mol. The molecule has 1 N–H and O–H groups in total. The topological polar surface area (TPSA) is 12.0 Å². The van der Waals surface area contributed by atoms with Gasteiger partial charge in [0.15, 0.2) is 0 Å². The molecule has 1 aliphatic heterocycles. The molecule has 23 heavy (non-hydrogen) atoms. The first-order valence-corrected chi connectivity index (χ1v) is 9.26. The van der Waals surface area contributed by atoms with E-state index in [0.717, 1.165) is 13.1 Å². The van der Waals surface area contributed by atoms with Crippen LogP contribution in [0.2, 0.25) is 0 Å². The summed E-state index contributed by atoms with van der Waals surface area (Å²) >= 11 is 0. The van der Waals surface area contributed by atoms with E-state index in [1.807, 2.05) is 27.7 Å². The van der Waals surface area contributed by atoms with Crippen LogP contribution in [-0.2, 0) is 0 Å². The number of hydrogen-bond acceptors (Lipinski definition) is 1. The molecule has 1 aliphatic rings. The van der Waals surface area contributed by atoms with E-state index in [2.05, 4.69) is 66.0 Å². The van der Waals surface area contributed by atoms with Crippen LogP contribution in [0.1, 0.15) is 63.5 Å². The highest BCUT2D eigenvalue weighted by Crippen LogP contribution is 2.37. The Hall–Kier alpha value is -1.60. The molecule has 3 rings (SSSR count). The lowest BCUT2D eigenvalue weighted by atomic mass is 9.79. The van der Waals surface area contributed by atoms with Gasteiger partial charge in [-0.3, -0.25) is 0 Å². The highest BCUT2D eigenvalue weighted by atomic mass is 14.9. The number of benzene rings is 2. The minimum atomic E-state index is 0.589. The Labute approximate surface area is 143 Å². The minimum absolute atomic E-state index is 0.589. The van der Waals surface area contributed by atoms with Crippen LogP contribution in [0, 0.1) is 0 Å². The molecule has 0 aliphatic carbocycles. The number of rotatable bonds is 2. The van der Waals surface area contributed by atoms with Crippen molar-refractivity contribution in [1.29, 1.82) is 0 Å². The maximum Gasteiger partial charge on any atom is 0.00322 e. The second-order valence-electron chi connectivity index (χ2n) is 5.38. The van der Waals surface area contributed by atoms with Gasteiger partial charge in [-0.05, 0) is 36.4 Å². The summed E-state index contributed by atoms with van der Waals surface area (Å²) in [5.41, 5.74) is 2.95. The van der Waals surface area contributed by atoms with E-state index in [9.17, 15) is 0 Å². The molecule has 2 aromatic carbocycles. The summed E-state index contributed by atoms with van der Waals surface area (Å²) in [5.74, 6) is 1.23. The molecule has 0 radical (unpaired) electrons. The number of hydrogen-bond donors (Lipinski definition) is 1. The Balaban J connectivity index is 0.000000615. The van der Waals surface area contributed by atoms with Gasteiger partial charge in [0.25, 0.3) is 0 Å². The molecule has 0 bridgehead atoms. The lowest BCUT2D eigenvalue weighted by Gasteiger charge is -2.26. The predicted molar refractivity (Wildman–Crippen MR) is 103 cm³/mol. The Morgan fingerprint density at radius 2 is 1.17 bits per heavy atom. The van der Waals surface area contributed by atoms with E-state index < -0.39 is 0 Å². The quantitative estimate of drug-likeness (QED) is 0.718. The summed E-state index contributed by atoms with van der Waals surface area (Å²) in [6, 6.07) is 22.0. The average Bonchev–Trinajstić information content (AvgIpc) is 2.92. The fourth-order valence-corrected chi connectivity index (χ4v) is 3.20. The van der Waals surface area contributed by atoms with Crippen molar-refractivity contribution < 1.29 is 0 Å². The summed E-state index contributed by atoms with van der Waals surface area (Å²) in [6.07, 6.45) is 2.54. The molecule has 1 fully saturated rings. The summed E-state index contributed by atoms with van der Waals surface area (Å²) in [7, 11) is 0. The molecule has 1 heterocycles. The monoisotopic (exact) mass is 311 g/mol. The van der Waals surface area contributed by atoms with Gasteiger partial charge in [-0.2, -0.15) is 0 Å². The van der Waals surface area contributed by atoms with Crippen molar-refractivity contribution in [2.24, 2.45) is 0 Å². The second kappa shape index (κ2) is 11.9. The van der Waals surface area contributed by atoms with Crippen LogP contribution in [-0.4, -0.2) is 13.1 Å².